The Bertz CT molecular complexity index is 1260. The van der Waals surface area contributed by atoms with Gasteiger partial charge in [-0.05, 0) is 55.7 Å². The van der Waals surface area contributed by atoms with Crippen molar-refractivity contribution < 1.29 is 32.2 Å². The summed E-state index contributed by atoms with van der Waals surface area (Å²) < 4.78 is 44.1. The van der Waals surface area contributed by atoms with Crippen LogP contribution in [0.1, 0.15) is 31.4 Å². The van der Waals surface area contributed by atoms with Gasteiger partial charge in [-0.3, -0.25) is 14.5 Å². The molecular weight excluding hydrogens is 474 g/mol. The summed E-state index contributed by atoms with van der Waals surface area (Å²) in [4.78, 5) is 26.9. The molecule has 0 saturated carbocycles. The fourth-order valence-electron chi connectivity index (χ4n) is 4.44. The molecule has 5 rings (SSSR count). The number of benzene rings is 2. The SMILES string of the molecule is C[C@@H](NC(=O)CN1C(=O)COc2ccc(S(=O)(=O)N3CCCC3)cc21)c1ccc2c(c1)OCCO2. The number of carbonyl (C=O) groups is 2. The van der Waals surface area contributed by atoms with Gasteiger partial charge in [-0.15, -0.1) is 0 Å². The molecule has 35 heavy (non-hydrogen) atoms. The third-order valence-electron chi connectivity index (χ3n) is 6.32. The van der Waals surface area contributed by atoms with Crippen LogP contribution in [0.25, 0.3) is 0 Å². The lowest BCUT2D eigenvalue weighted by Crippen LogP contribution is -2.45. The highest BCUT2D eigenvalue weighted by Crippen LogP contribution is 2.36. The predicted octanol–water partition coefficient (Wildman–Crippen LogP) is 1.85. The number of carbonyl (C=O) groups excluding carboxylic acids is 2. The van der Waals surface area contributed by atoms with Crippen molar-refractivity contribution in [2.75, 3.05) is 44.4 Å². The zero-order valence-corrected chi connectivity index (χ0v) is 20.2. The van der Waals surface area contributed by atoms with E-state index in [-0.39, 0.29) is 35.7 Å². The van der Waals surface area contributed by atoms with Gasteiger partial charge in [0.1, 0.15) is 25.5 Å². The average molecular weight is 502 g/mol. The lowest BCUT2D eigenvalue weighted by Gasteiger charge is -2.30. The predicted molar refractivity (Wildman–Crippen MR) is 126 cm³/mol. The van der Waals surface area contributed by atoms with Gasteiger partial charge in [0.15, 0.2) is 18.1 Å². The number of amides is 2. The maximum Gasteiger partial charge on any atom is 0.265 e. The van der Waals surface area contributed by atoms with Crippen molar-refractivity contribution in [3.05, 3.63) is 42.0 Å². The Labute approximate surface area is 203 Å². The van der Waals surface area contributed by atoms with E-state index in [2.05, 4.69) is 5.32 Å². The van der Waals surface area contributed by atoms with Gasteiger partial charge in [-0.2, -0.15) is 4.31 Å². The molecule has 1 N–H and O–H groups in total. The maximum absolute atomic E-state index is 13.0. The molecule has 0 unspecified atom stereocenters. The number of nitrogens with one attached hydrogen (secondary N) is 1. The number of hydrogen-bond acceptors (Lipinski definition) is 7. The van der Waals surface area contributed by atoms with Crippen LogP contribution in [0, 0.1) is 0 Å². The Kier molecular flexibility index (Phi) is 6.28. The standard InChI is InChI=1S/C24H27N3O7S/c1-16(17-4-6-21-22(12-17)33-11-10-32-21)25-23(28)14-27-19-13-18(5-7-20(19)34-15-24(27)29)35(30,31)26-8-2-3-9-26/h4-7,12-13,16H,2-3,8-11,14-15H2,1H3,(H,25,28)/t16-/m1/s1. The van der Waals surface area contributed by atoms with Crippen molar-refractivity contribution in [3.63, 3.8) is 0 Å². The summed E-state index contributed by atoms with van der Waals surface area (Å²) in [6.45, 7) is 3.24. The van der Waals surface area contributed by atoms with E-state index >= 15 is 0 Å². The van der Waals surface area contributed by atoms with E-state index < -0.39 is 15.9 Å². The number of rotatable bonds is 6. The van der Waals surface area contributed by atoms with Gasteiger partial charge in [0.2, 0.25) is 15.9 Å². The van der Waals surface area contributed by atoms with Gasteiger partial charge in [0.25, 0.3) is 5.91 Å². The molecule has 3 aliphatic heterocycles. The summed E-state index contributed by atoms with van der Waals surface area (Å²) in [6.07, 6.45) is 1.64. The molecule has 10 nitrogen and oxygen atoms in total. The molecule has 0 spiro atoms. The third kappa shape index (κ3) is 4.65. The van der Waals surface area contributed by atoms with Crippen molar-refractivity contribution in [1.82, 2.24) is 9.62 Å². The topological polar surface area (TPSA) is 114 Å². The van der Waals surface area contributed by atoms with Crippen molar-refractivity contribution in [2.45, 2.75) is 30.7 Å². The monoisotopic (exact) mass is 501 g/mol. The van der Waals surface area contributed by atoms with Gasteiger partial charge < -0.3 is 19.5 Å². The smallest absolute Gasteiger partial charge is 0.265 e. The van der Waals surface area contributed by atoms with Crippen LogP contribution in [-0.2, 0) is 19.6 Å². The van der Waals surface area contributed by atoms with E-state index in [4.69, 9.17) is 14.2 Å². The molecule has 0 bridgehead atoms. The van der Waals surface area contributed by atoms with Gasteiger partial charge >= 0.3 is 0 Å². The molecule has 3 aliphatic rings. The van der Waals surface area contributed by atoms with Gasteiger partial charge in [-0.1, -0.05) is 6.07 Å². The number of sulfonamides is 1. The van der Waals surface area contributed by atoms with E-state index in [1.54, 1.807) is 6.07 Å². The lowest BCUT2D eigenvalue weighted by atomic mass is 10.1. The van der Waals surface area contributed by atoms with E-state index in [1.165, 1.54) is 27.4 Å². The van der Waals surface area contributed by atoms with Crippen molar-refractivity contribution in [1.29, 1.82) is 0 Å². The van der Waals surface area contributed by atoms with Crippen LogP contribution in [0.2, 0.25) is 0 Å². The molecular formula is C24H27N3O7S. The Morgan fingerprint density at radius 3 is 2.49 bits per heavy atom. The highest BCUT2D eigenvalue weighted by molar-refractivity contribution is 7.89. The lowest BCUT2D eigenvalue weighted by molar-refractivity contribution is -0.125. The van der Waals surface area contributed by atoms with E-state index in [0.29, 0.717) is 43.6 Å². The Hall–Kier alpha value is -3.31. The zero-order chi connectivity index (χ0) is 24.6. The highest BCUT2D eigenvalue weighted by Gasteiger charge is 2.32. The van der Waals surface area contributed by atoms with Crippen LogP contribution in [0.4, 0.5) is 5.69 Å². The molecule has 0 radical (unpaired) electrons. The molecule has 186 valence electrons. The molecule has 0 aliphatic carbocycles. The largest absolute Gasteiger partial charge is 0.486 e. The normalized spacial score (nSPS) is 18.5. The second-order valence-corrected chi connectivity index (χ2v) is 10.6. The summed E-state index contributed by atoms with van der Waals surface area (Å²) in [7, 11) is -3.69. The van der Waals surface area contributed by atoms with Crippen molar-refractivity contribution in [2.24, 2.45) is 0 Å². The summed E-state index contributed by atoms with van der Waals surface area (Å²) in [6, 6.07) is 9.55. The van der Waals surface area contributed by atoms with E-state index in [9.17, 15) is 18.0 Å². The summed E-state index contributed by atoms with van der Waals surface area (Å²) in [5.41, 5.74) is 1.10. The second-order valence-electron chi connectivity index (χ2n) is 8.70. The Balaban J connectivity index is 1.33. The minimum Gasteiger partial charge on any atom is -0.486 e. The van der Waals surface area contributed by atoms with E-state index in [0.717, 1.165) is 18.4 Å². The molecule has 1 atom stereocenters. The van der Waals surface area contributed by atoms with Crippen LogP contribution in [0.15, 0.2) is 41.3 Å². The van der Waals surface area contributed by atoms with Gasteiger partial charge in [0, 0.05) is 13.1 Å². The maximum atomic E-state index is 13.0. The first kappa shape index (κ1) is 23.4. The first-order valence-corrected chi connectivity index (χ1v) is 13.0. The zero-order valence-electron chi connectivity index (χ0n) is 19.4. The minimum atomic E-state index is -3.69. The highest BCUT2D eigenvalue weighted by atomic mass is 32.2. The molecule has 0 aromatic heterocycles. The van der Waals surface area contributed by atoms with Gasteiger partial charge in [0.05, 0.1) is 16.6 Å². The number of nitrogens with zero attached hydrogens (tertiary/aromatic N) is 2. The molecule has 1 saturated heterocycles. The van der Waals surface area contributed by atoms with Crippen LogP contribution >= 0.6 is 0 Å². The number of hydrogen-bond donors (Lipinski definition) is 1. The van der Waals surface area contributed by atoms with Crippen LogP contribution in [0.5, 0.6) is 17.2 Å². The third-order valence-corrected chi connectivity index (χ3v) is 8.22. The number of fused-ring (bicyclic) bond motifs is 2. The molecule has 3 heterocycles. The van der Waals surface area contributed by atoms with E-state index in [1.807, 2.05) is 19.1 Å². The van der Waals surface area contributed by atoms with Crippen molar-refractivity contribution >= 4 is 27.5 Å². The Morgan fingerprint density at radius 2 is 1.71 bits per heavy atom. The molecule has 2 amide bonds. The van der Waals surface area contributed by atoms with Crippen LogP contribution < -0.4 is 24.4 Å². The average Bonchev–Trinajstić information content (AvgIpc) is 3.41. The summed E-state index contributed by atoms with van der Waals surface area (Å²) in [5.74, 6) is 0.835. The fourth-order valence-corrected chi connectivity index (χ4v) is 5.97. The first-order chi connectivity index (χ1) is 16.8. The van der Waals surface area contributed by atoms with Gasteiger partial charge in [-0.25, -0.2) is 8.42 Å². The van der Waals surface area contributed by atoms with Crippen molar-refractivity contribution in [3.8, 4) is 17.2 Å². The molecule has 11 heteroatoms. The molecule has 1 fully saturated rings. The summed E-state index contributed by atoms with van der Waals surface area (Å²) in [5, 5.41) is 2.89. The quantitative estimate of drug-likeness (QED) is 0.642. The molecule has 2 aromatic rings. The summed E-state index contributed by atoms with van der Waals surface area (Å²) >= 11 is 0. The van der Waals surface area contributed by atoms with Crippen LogP contribution in [-0.4, -0.2) is 64.0 Å². The minimum absolute atomic E-state index is 0.0755. The second kappa shape index (κ2) is 9.38. The molecule has 2 aromatic carbocycles. The van der Waals surface area contributed by atoms with Crippen LogP contribution in [0.3, 0.4) is 0 Å². The first-order valence-electron chi connectivity index (χ1n) is 11.6. The Morgan fingerprint density at radius 1 is 1.00 bits per heavy atom. The number of ether oxygens (including phenoxy) is 3. The fraction of sp³-hybridized carbons (Fsp3) is 0.417. The number of anilines is 1.